The van der Waals surface area contributed by atoms with Crippen LogP contribution in [0.15, 0.2) is 77.8 Å². The van der Waals surface area contributed by atoms with Crippen molar-refractivity contribution >= 4 is 47.1 Å². The van der Waals surface area contributed by atoms with Crippen LogP contribution < -0.4 is 26.0 Å². The van der Waals surface area contributed by atoms with Gasteiger partial charge in [0.15, 0.2) is 6.61 Å². The molecule has 0 unspecified atom stereocenters. The maximum atomic E-state index is 13.1. The summed E-state index contributed by atoms with van der Waals surface area (Å²) in [6.45, 7) is 5.74. The lowest BCUT2D eigenvalue weighted by Crippen LogP contribution is -2.26. The van der Waals surface area contributed by atoms with Crippen molar-refractivity contribution in [1.82, 2.24) is 20.1 Å². The largest absolute Gasteiger partial charge is 0.457 e. The van der Waals surface area contributed by atoms with Crippen molar-refractivity contribution in [3.8, 4) is 17.2 Å². The molecule has 13 heteroatoms. The van der Waals surface area contributed by atoms with Crippen LogP contribution in [0.3, 0.4) is 0 Å². The van der Waals surface area contributed by atoms with Crippen molar-refractivity contribution < 1.29 is 23.9 Å². The van der Waals surface area contributed by atoms with Crippen LogP contribution in [0.5, 0.6) is 11.5 Å². The van der Waals surface area contributed by atoms with Gasteiger partial charge in [0, 0.05) is 35.7 Å². The van der Waals surface area contributed by atoms with Crippen molar-refractivity contribution in [2.24, 2.45) is 0 Å². The van der Waals surface area contributed by atoms with E-state index in [9.17, 15) is 14.4 Å². The molecule has 224 valence electrons. The molecule has 0 aliphatic rings. The van der Waals surface area contributed by atoms with Crippen LogP contribution >= 0.6 is 11.8 Å². The van der Waals surface area contributed by atoms with Crippen LogP contribution in [0.2, 0.25) is 0 Å². The quantitative estimate of drug-likeness (QED) is 0.170. The van der Waals surface area contributed by atoms with Crippen molar-refractivity contribution in [3.05, 3.63) is 78.6 Å². The fraction of sp³-hybridized carbons (Fsp3) is 0.233. The SMILES string of the molecule is CNC(=O)OCC(=O)Nc1cc(Oc2ccc(NC(=O)Nc3cc(C(C)(C)C)nn3-c3ccccc3)c(SC)c2)ccn1. The molecule has 0 saturated carbocycles. The second-order valence-corrected chi connectivity index (χ2v) is 11.1. The first-order valence-electron chi connectivity index (χ1n) is 13.3. The Kier molecular flexibility index (Phi) is 9.88. The van der Waals surface area contributed by atoms with E-state index in [1.54, 1.807) is 28.9 Å². The number of para-hydroxylation sites is 1. The Morgan fingerprint density at radius 3 is 2.37 bits per heavy atom. The minimum Gasteiger partial charge on any atom is -0.457 e. The average molecular weight is 604 g/mol. The van der Waals surface area contributed by atoms with Gasteiger partial charge in [-0.2, -0.15) is 5.10 Å². The summed E-state index contributed by atoms with van der Waals surface area (Å²) in [4.78, 5) is 41.2. The number of ether oxygens (including phenoxy) is 2. The normalized spacial score (nSPS) is 10.9. The lowest BCUT2D eigenvalue weighted by Gasteiger charge is -2.14. The number of urea groups is 1. The lowest BCUT2D eigenvalue weighted by atomic mass is 9.92. The number of nitrogens with one attached hydrogen (secondary N) is 4. The molecule has 0 atom stereocenters. The Labute approximate surface area is 253 Å². The second kappa shape index (κ2) is 13.7. The molecule has 0 bridgehead atoms. The molecule has 12 nitrogen and oxygen atoms in total. The number of rotatable bonds is 9. The Bertz CT molecular complexity index is 1600. The molecule has 4 rings (SSSR count). The van der Waals surface area contributed by atoms with Crippen molar-refractivity contribution in [3.63, 3.8) is 0 Å². The molecule has 0 saturated heterocycles. The number of hydrogen-bond acceptors (Lipinski definition) is 8. The molecule has 0 aliphatic heterocycles. The van der Waals surface area contributed by atoms with Crippen LogP contribution in [0.1, 0.15) is 26.5 Å². The van der Waals surface area contributed by atoms with Crippen molar-refractivity contribution in [2.75, 3.05) is 35.9 Å². The number of anilines is 3. The number of carbonyl (C=O) groups excluding carboxylic acids is 3. The monoisotopic (exact) mass is 603 g/mol. The highest BCUT2D eigenvalue weighted by molar-refractivity contribution is 7.98. The van der Waals surface area contributed by atoms with Gasteiger partial charge in [-0.25, -0.2) is 19.3 Å². The van der Waals surface area contributed by atoms with E-state index in [-0.39, 0.29) is 11.2 Å². The van der Waals surface area contributed by atoms with Gasteiger partial charge in [-0.3, -0.25) is 10.1 Å². The minimum atomic E-state index is -0.714. The van der Waals surface area contributed by atoms with E-state index in [2.05, 4.69) is 47.0 Å². The van der Waals surface area contributed by atoms with Gasteiger partial charge in [-0.15, -0.1) is 11.8 Å². The van der Waals surface area contributed by atoms with Gasteiger partial charge >= 0.3 is 12.1 Å². The lowest BCUT2D eigenvalue weighted by molar-refractivity contribution is -0.118. The third-order valence-electron chi connectivity index (χ3n) is 5.91. The van der Waals surface area contributed by atoms with Gasteiger partial charge in [0.2, 0.25) is 0 Å². The van der Waals surface area contributed by atoms with Gasteiger partial charge < -0.3 is 25.4 Å². The number of carbonyl (C=O) groups is 3. The Morgan fingerprint density at radius 1 is 0.930 bits per heavy atom. The van der Waals surface area contributed by atoms with E-state index in [4.69, 9.17) is 14.6 Å². The molecule has 0 fully saturated rings. The molecule has 0 spiro atoms. The van der Waals surface area contributed by atoms with Gasteiger partial charge in [-0.1, -0.05) is 39.0 Å². The van der Waals surface area contributed by atoms with E-state index >= 15 is 0 Å². The average Bonchev–Trinajstić information content (AvgIpc) is 3.41. The summed E-state index contributed by atoms with van der Waals surface area (Å²) in [5.74, 6) is 1.16. The Balaban J connectivity index is 1.44. The predicted molar refractivity (Wildman–Crippen MR) is 166 cm³/mol. The number of thioether (sulfide) groups is 1. The van der Waals surface area contributed by atoms with Crippen LogP contribution in [-0.4, -0.2) is 52.7 Å². The number of nitrogens with zero attached hydrogens (tertiary/aromatic N) is 3. The number of pyridine rings is 1. The highest BCUT2D eigenvalue weighted by Gasteiger charge is 2.22. The molecule has 43 heavy (non-hydrogen) atoms. The van der Waals surface area contributed by atoms with Gasteiger partial charge in [0.25, 0.3) is 5.91 Å². The molecule has 2 aromatic carbocycles. The summed E-state index contributed by atoms with van der Waals surface area (Å²) in [7, 11) is 1.40. The zero-order valence-electron chi connectivity index (χ0n) is 24.4. The fourth-order valence-corrected chi connectivity index (χ4v) is 4.35. The maximum absolute atomic E-state index is 13.1. The predicted octanol–water partition coefficient (Wildman–Crippen LogP) is 6.02. The third kappa shape index (κ3) is 8.49. The molecular weight excluding hydrogens is 570 g/mol. The summed E-state index contributed by atoms with van der Waals surface area (Å²) in [6.07, 6.45) is 2.66. The smallest absolute Gasteiger partial charge is 0.407 e. The van der Waals surface area contributed by atoms with E-state index in [0.717, 1.165) is 16.3 Å². The van der Waals surface area contributed by atoms with Crippen LogP contribution in [0.4, 0.5) is 26.9 Å². The van der Waals surface area contributed by atoms with Crippen molar-refractivity contribution in [2.45, 2.75) is 31.1 Å². The van der Waals surface area contributed by atoms with Gasteiger partial charge in [0.05, 0.1) is 17.1 Å². The van der Waals surface area contributed by atoms with E-state index in [0.29, 0.717) is 23.0 Å². The first-order valence-corrected chi connectivity index (χ1v) is 14.5. The summed E-state index contributed by atoms with van der Waals surface area (Å²) in [5.41, 5.74) is 2.06. The van der Waals surface area contributed by atoms with Gasteiger partial charge in [0.1, 0.15) is 23.1 Å². The second-order valence-electron chi connectivity index (χ2n) is 10.2. The van der Waals surface area contributed by atoms with Crippen LogP contribution in [0, 0.1) is 0 Å². The van der Waals surface area contributed by atoms with E-state index in [1.807, 2.05) is 42.7 Å². The number of benzene rings is 2. The number of aromatic nitrogens is 3. The summed E-state index contributed by atoms with van der Waals surface area (Å²) in [5, 5.41) is 15.4. The first-order chi connectivity index (χ1) is 20.5. The molecule has 4 amide bonds. The molecular formula is C30H33N7O5S. The number of hydrogen-bond donors (Lipinski definition) is 4. The Morgan fingerprint density at radius 2 is 1.67 bits per heavy atom. The van der Waals surface area contributed by atoms with E-state index in [1.165, 1.54) is 31.1 Å². The van der Waals surface area contributed by atoms with Crippen LogP contribution in [-0.2, 0) is 14.9 Å². The molecule has 4 N–H and O–H groups in total. The maximum Gasteiger partial charge on any atom is 0.407 e. The molecule has 2 heterocycles. The number of alkyl carbamates (subject to hydrolysis) is 1. The third-order valence-corrected chi connectivity index (χ3v) is 6.69. The standard InChI is InChI=1S/C30H33N7O5S/c1-30(2,3)24-17-26(37(36-24)19-9-7-6-8-10-19)35-28(39)33-22-12-11-20(15-23(22)43-5)42-21-13-14-32-25(16-21)34-27(38)18-41-29(40)31-4/h6-17H,18H2,1-5H3,(H,31,40)(H,32,34,38)(H2,33,35,39). The molecule has 4 aromatic rings. The molecule has 2 aromatic heterocycles. The molecule has 0 radical (unpaired) electrons. The minimum absolute atomic E-state index is 0.211. The summed E-state index contributed by atoms with van der Waals surface area (Å²) in [6, 6.07) is 19.5. The van der Waals surface area contributed by atoms with Crippen LogP contribution in [0.25, 0.3) is 5.69 Å². The van der Waals surface area contributed by atoms with Gasteiger partial charge in [-0.05, 0) is 42.7 Å². The summed E-state index contributed by atoms with van der Waals surface area (Å²) >= 11 is 1.44. The highest BCUT2D eigenvalue weighted by Crippen LogP contribution is 2.33. The topological polar surface area (TPSA) is 148 Å². The zero-order valence-corrected chi connectivity index (χ0v) is 25.2. The first kappa shape index (κ1) is 30.9. The molecule has 0 aliphatic carbocycles. The van der Waals surface area contributed by atoms with Crippen molar-refractivity contribution in [1.29, 1.82) is 0 Å². The Hall–Kier alpha value is -5.04. The highest BCUT2D eigenvalue weighted by atomic mass is 32.2. The zero-order chi connectivity index (χ0) is 31.0. The van der Waals surface area contributed by atoms with E-state index < -0.39 is 24.6 Å². The summed E-state index contributed by atoms with van der Waals surface area (Å²) < 4.78 is 12.4. The number of amides is 4. The fourth-order valence-electron chi connectivity index (χ4n) is 3.77.